The van der Waals surface area contributed by atoms with Gasteiger partial charge in [0.2, 0.25) is 5.91 Å². The van der Waals surface area contributed by atoms with Gasteiger partial charge in [0.1, 0.15) is 6.61 Å². The van der Waals surface area contributed by atoms with E-state index in [0.29, 0.717) is 5.69 Å². The fourth-order valence-electron chi connectivity index (χ4n) is 1.49. The average molecular weight is 222 g/mol. The highest BCUT2D eigenvalue weighted by Gasteiger charge is 2.22. The lowest BCUT2D eigenvalue weighted by Crippen LogP contribution is -2.42. The number of nitrogen functional groups attached to an aromatic ring is 1. The van der Waals surface area contributed by atoms with Crippen LogP contribution >= 0.6 is 0 Å². The molecular weight excluding hydrogens is 204 g/mol. The SMILES string of the molecule is COCC(=O)NC(C)(C)c1ccc(N)cc1. The number of carbonyl (C=O) groups is 1. The van der Waals surface area contributed by atoms with Crippen LogP contribution in [0.15, 0.2) is 24.3 Å². The Labute approximate surface area is 95.8 Å². The number of carbonyl (C=O) groups excluding carboxylic acids is 1. The lowest BCUT2D eigenvalue weighted by molar-refractivity contribution is -0.126. The van der Waals surface area contributed by atoms with Crippen molar-refractivity contribution in [3.63, 3.8) is 0 Å². The van der Waals surface area contributed by atoms with Gasteiger partial charge in [0.05, 0.1) is 5.54 Å². The molecule has 0 aromatic heterocycles. The molecule has 0 heterocycles. The number of hydrogen-bond acceptors (Lipinski definition) is 3. The minimum Gasteiger partial charge on any atom is -0.399 e. The first kappa shape index (κ1) is 12.5. The molecular formula is C12H18N2O2. The van der Waals surface area contributed by atoms with Gasteiger partial charge in [-0.15, -0.1) is 0 Å². The van der Waals surface area contributed by atoms with Crippen LogP contribution in [0.25, 0.3) is 0 Å². The topological polar surface area (TPSA) is 64.3 Å². The molecule has 4 nitrogen and oxygen atoms in total. The molecule has 0 aliphatic heterocycles. The van der Waals surface area contributed by atoms with E-state index >= 15 is 0 Å². The summed E-state index contributed by atoms with van der Waals surface area (Å²) in [5.74, 6) is -0.135. The Balaban J connectivity index is 2.76. The minimum absolute atomic E-state index is 0.0679. The summed E-state index contributed by atoms with van der Waals surface area (Å²) >= 11 is 0. The number of methoxy groups -OCH3 is 1. The monoisotopic (exact) mass is 222 g/mol. The van der Waals surface area contributed by atoms with E-state index < -0.39 is 5.54 Å². The molecule has 0 fully saturated rings. The molecule has 0 saturated carbocycles. The zero-order valence-electron chi connectivity index (χ0n) is 9.91. The predicted molar refractivity (Wildman–Crippen MR) is 63.9 cm³/mol. The number of benzene rings is 1. The van der Waals surface area contributed by atoms with E-state index in [4.69, 9.17) is 10.5 Å². The van der Waals surface area contributed by atoms with Crippen LogP contribution in [0.2, 0.25) is 0 Å². The van der Waals surface area contributed by atoms with Crippen LogP contribution in [0.4, 0.5) is 5.69 Å². The molecule has 0 saturated heterocycles. The third-order valence-corrected chi connectivity index (χ3v) is 2.36. The van der Waals surface area contributed by atoms with Crippen LogP contribution in [0, 0.1) is 0 Å². The second-order valence-corrected chi connectivity index (χ2v) is 4.23. The van der Waals surface area contributed by atoms with Gasteiger partial charge in [-0.25, -0.2) is 0 Å². The molecule has 16 heavy (non-hydrogen) atoms. The maximum atomic E-state index is 11.4. The number of nitrogens with one attached hydrogen (secondary N) is 1. The largest absolute Gasteiger partial charge is 0.399 e. The van der Waals surface area contributed by atoms with Crippen molar-refractivity contribution in [2.24, 2.45) is 0 Å². The third-order valence-electron chi connectivity index (χ3n) is 2.36. The summed E-state index contributed by atoms with van der Waals surface area (Å²) in [4.78, 5) is 11.4. The summed E-state index contributed by atoms with van der Waals surface area (Å²) in [5, 5.41) is 2.89. The lowest BCUT2D eigenvalue weighted by atomic mass is 9.94. The van der Waals surface area contributed by atoms with Gasteiger partial charge < -0.3 is 15.8 Å². The van der Waals surface area contributed by atoms with E-state index in [1.54, 1.807) is 0 Å². The number of rotatable bonds is 4. The van der Waals surface area contributed by atoms with Gasteiger partial charge in [0.25, 0.3) is 0 Å². The molecule has 0 radical (unpaired) electrons. The van der Waals surface area contributed by atoms with E-state index in [1.165, 1.54) is 7.11 Å². The Morgan fingerprint density at radius 2 is 1.94 bits per heavy atom. The van der Waals surface area contributed by atoms with Gasteiger partial charge in [0, 0.05) is 12.8 Å². The second kappa shape index (κ2) is 4.99. The fraction of sp³-hybridized carbons (Fsp3) is 0.417. The smallest absolute Gasteiger partial charge is 0.246 e. The van der Waals surface area contributed by atoms with Crippen molar-refractivity contribution in [3.05, 3.63) is 29.8 Å². The summed E-state index contributed by atoms with van der Waals surface area (Å²) < 4.78 is 4.77. The Hall–Kier alpha value is -1.55. The zero-order valence-corrected chi connectivity index (χ0v) is 9.91. The van der Waals surface area contributed by atoms with Crippen molar-refractivity contribution in [1.29, 1.82) is 0 Å². The van der Waals surface area contributed by atoms with Crippen LogP contribution in [0.3, 0.4) is 0 Å². The van der Waals surface area contributed by atoms with E-state index in [-0.39, 0.29) is 12.5 Å². The van der Waals surface area contributed by atoms with Crippen LogP contribution in [-0.4, -0.2) is 19.6 Å². The summed E-state index contributed by atoms with van der Waals surface area (Å²) in [6, 6.07) is 7.45. The fourth-order valence-corrected chi connectivity index (χ4v) is 1.49. The first-order valence-electron chi connectivity index (χ1n) is 5.11. The Kier molecular flexibility index (Phi) is 3.90. The molecule has 0 bridgehead atoms. The van der Waals surface area contributed by atoms with E-state index in [0.717, 1.165) is 5.56 Å². The van der Waals surface area contributed by atoms with Gasteiger partial charge >= 0.3 is 0 Å². The number of anilines is 1. The highest BCUT2D eigenvalue weighted by molar-refractivity contribution is 5.78. The molecule has 1 aromatic rings. The first-order chi connectivity index (χ1) is 7.45. The van der Waals surface area contributed by atoms with Gasteiger partial charge in [0.15, 0.2) is 0 Å². The van der Waals surface area contributed by atoms with Gasteiger partial charge in [-0.05, 0) is 31.5 Å². The van der Waals surface area contributed by atoms with Crippen molar-refractivity contribution >= 4 is 11.6 Å². The van der Waals surface area contributed by atoms with Crippen LogP contribution < -0.4 is 11.1 Å². The van der Waals surface area contributed by atoms with Crippen LogP contribution in [0.1, 0.15) is 19.4 Å². The van der Waals surface area contributed by atoms with E-state index in [1.807, 2.05) is 38.1 Å². The van der Waals surface area contributed by atoms with Crippen molar-refractivity contribution in [3.8, 4) is 0 Å². The first-order valence-corrected chi connectivity index (χ1v) is 5.11. The molecule has 0 unspecified atom stereocenters. The average Bonchev–Trinajstić information content (AvgIpc) is 2.17. The van der Waals surface area contributed by atoms with Gasteiger partial charge in [-0.2, -0.15) is 0 Å². The van der Waals surface area contributed by atoms with Crippen molar-refractivity contribution in [1.82, 2.24) is 5.32 Å². The Morgan fingerprint density at radius 1 is 1.38 bits per heavy atom. The van der Waals surface area contributed by atoms with Crippen molar-refractivity contribution < 1.29 is 9.53 Å². The van der Waals surface area contributed by atoms with E-state index in [2.05, 4.69) is 5.32 Å². The molecule has 0 spiro atoms. The van der Waals surface area contributed by atoms with Crippen LogP contribution in [0.5, 0.6) is 0 Å². The molecule has 0 aliphatic rings. The highest BCUT2D eigenvalue weighted by Crippen LogP contribution is 2.20. The summed E-state index contributed by atoms with van der Waals surface area (Å²) in [7, 11) is 1.50. The zero-order chi connectivity index (χ0) is 12.2. The number of hydrogen-bond donors (Lipinski definition) is 2. The lowest BCUT2D eigenvalue weighted by Gasteiger charge is -2.26. The number of ether oxygens (including phenoxy) is 1. The molecule has 4 heteroatoms. The van der Waals surface area contributed by atoms with Gasteiger partial charge in [-0.3, -0.25) is 4.79 Å². The predicted octanol–water partition coefficient (Wildman–Crippen LogP) is 1.27. The molecule has 1 aromatic carbocycles. The molecule has 1 amide bonds. The van der Waals surface area contributed by atoms with Crippen molar-refractivity contribution in [2.75, 3.05) is 19.5 Å². The molecule has 0 aliphatic carbocycles. The molecule has 3 N–H and O–H groups in total. The normalized spacial score (nSPS) is 11.2. The summed E-state index contributed by atoms with van der Waals surface area (Å²) in [6.45, 7) is 3.94. The number of nitrogens with two attached hydrogens (primary N) is 1. The second-order valence-electron chi connectivity index (χ2n) is 4.23. The Morgan fingerprint density at radius 3 is 2.44 bits per heavy atom. The van der Waals surface area contributed by atoms with Crippen LogP contribution in [-0.2, 0) is 15.1 Å². The minimum atomic E-state index is -0.427. The molecule has 1 rings (SSSR count). The quantitative estimate of drug-likeness (QED) is 0.754. The third kappa shape index (κ3) is 3.24. The highest BCUT2D eigenvalue weighted by atomic mass is 16.5. The molecule has 88 valence electrons. The Bertz CT molecular complexity index is 358. The molecule has 0 atom stereocenters. The van der Waals surface area contributed by atoms with E-state index in [9.17, 15) is 4.79 Å². The summed E-state index contributed by atoms with van der Waals surface area (Å²) in [5.41, 5.74) is 6.90. The summed E-state index contributed by atoms with van der Waals surface area (Å²) in [6.07, 6.45) is 0. The maximum absolute atomic E-state index is 11.4. The number of amides is 1. The van der Waals surface area contributed by atoms with Gasteiger partial charge in [-0.1, -0.05) is 12.1 Å². The maximum Gasteiger partial charge on any atom is 0.246 e. The standard InChI is InChI=1S/C12H18N2O2/c1-12(2,14-11(15)8-16-3)9-4-6-10(13)7-5-9/h4-7H,8,13H2,1-3H3,(H,14,15). The van der Waals surface area contributed by atoms with Crippen molar-refractivity contribution in [2.45, 2.75) is 19.4 Å².